The number of anilines is 2. The summed E-state index contributed by atoms with van der Waals surface area (Å²) in [6.07, 6.45) is 1.63. The molecule has 0 aliphatic heterocycles. The van der Waals surface area contributed by atoms with E-state index in [9.17, 15) is 8.78 Å². The molecule has 1 aromatic heterocycles. The van der Waals surface area contributed by atoms with Crippen LogP contribution in [0.4, 0.5) is 20.3 Å². The van der Waals surface area contributed by atoms with Crippen molar-refractivity contribution >= 4 is 55.1 Å². The minimum Gasteiger partial charge on any atom is -0.338 e. The minimum absolute atomic E-state index is 0.481. The summed E-state index contributed by atoms with van der Waals surface area (Å²) in [4.78, 5) is 4.67. The fraction of sp³-hybridized carbons (Fsp3) is 0.0833. The molecule has 19 heavy (non-hydrogen) atoms. The zero-order chi connectivity index (χ0) is 13.8. The highest BCUT2D eigenvalue weighted by atomic mass is 79.9. The Morgan fingerprint density at radius 2 is 1.95 bits per heavy atom. The average Bonchev–Trinajstić information content (AvgIpc) is 2.34. The number of para-hydroxylation sites is 1. The lowest BCUT2D eigenvalue weighted by Crippen LogP contribution is -1.97. The Labute approximate surface area is 130 Å². The molecule has 2 nitrogen and oxygen atoms in total. The lowest BCUT2D eigenvalue weighted by molar-refractivity contribution is 0.252. The number of hydrogen-bond donors (Lipinski definition) is 1. The third kappa shape index (κ3) is 4.15. The molecule has 0 saturated carbocycles. The van der Waals surface area contributed by atoms with Gasteiger partial charge < -0.3 is 5.32 Å². The number of nitrogens with one attached hydrogen (secondary N) is 1. The van der Waals surface area contributed by atoms with Gasteiger partial charge in [-0.25, -0.2) is 4.98 Å². The number of hydrogen-bond acceptors (Lipinski definition) is 3. The molecule has 0 amide bonds. The number of benzene rings is 1. The number of thioether (sulfide) groups is 1. The Hall–Kier alpha value is -0.660. The second kappa shape index (κ2) is 6.67. The second-order valence-electron chi connectivity index (χ2n) is 3.48. The van der Waals surface area contributed by atoms with Gasteiger partial charge in [-0.15, -0.1) is 0 Å². The molecule has 7 heteroatoms. The molecule has 100 valence electrons. The maximum Gasteiger partial charge on any atom is 0.288 e. The van der Waals surface area contributed by atoms with Crippen LogP contribution in [0.5, 0.6) is 0 Å². The lowest BCUT2D eigenvalue weighted by Gasteiger charge is -2.11. The van der Waals surface area contributed by atoms with Gasteiger partial charge in [-0.3, -0.25) is 0 Å². The summed E-state index contributed by atoms with van der Waals surface area (Å²) in [5.74, 6) is -1.88. The molecule has 0 fully saturated rings. The standard InChI is InChI=1S/C12H8Br2F2N2S/c13-7-5-8(14)11(17-6-7)18-9-3-1-2-4-10(9)19-12(15)16/h1-6,12H,(H,17,18). The highest BCUT2D eigenvalue weighted by Gasteiger charge is 2.11. The molecule has 0 spiro atoms. The van der Waals surface area contributed by atoms with Crippen LogP contribution in [0.3, 0.4) is 0 Å². The van der Waals surface area contributed by atoms with Crippen LogP contribution in [0.2, 0.25) is 0 Å². The molecule has 1 aromatic carbocycles. The van der Waals surface area contributed by atoms with E-state index >= 15 is 0 Å². The van der Waals surface area contributed by atoms with Crippen molar-refractivity contribution in [2.45, 2.75) is 10.7 Å². The highest BCUT2D eigenvalue weighted by molar-refractivity contribution is 9.11. The van der Waals surface area contributed by atoms with E-state index in [1.807, 2.05) is 6.07 Å². The van der Waals surface area contributed by atoms with E-state index in [-0.39, 0.29) is 0 Å². The van der Waals surface area contributed by atoms with Crippen molar-refractivity contribution in [3.05, 3.63) is 45.5 Å². The molecule has 0 atom stereocenters. The van der Waals surface area contributed by atoms with Gasteiger partial charge in [0.2, 0.25) is 0 Å². The van der Waals surface area contributed by atoms with Gasteiger partial charge in [-0.2, -0.15) is 8.78 Å². The van der Waals surface area contributed by atoms with Gasteiger partial charge in [0.1, 0.15) is 5.82 Å². The van der Waals surface area contributed by atoms with Crippen molar-refractivity contribution in [3.63, 3.8) is 0 Å². The Balaban J connectivity index is 2.27. The molecular weight excluding hydrogens is 402 g/mol. The lowest BCUT2D eigenvalue weighted by atomic mass is 10.3. The summed E-state index contributed by atoms with van der Waals surface area (Å²) in [6.45, 7) is 0. The van der Waals surface area contributed by atoms with Gasteiger partial charge in [-0.05, 0) is 50.1 Å². The molecule has 1 N–H and O–H groups in total. The summed E-state index contributed by atoms with van der Waals surface area (Å²) >= 11 is 7.18. The monoisotopic (exact) mass is 408 g/mol. The molecule has 2 rings (SSSR count). The number of rotatable bonds is 4. The van der Waals surface area contributed by atoms with Gasteiger partial charge in [0.05, 0.1) is 10.2 Å². The molecule has 0 saturated heterocycles. The average molecular weight is 410 g/mol. The molecular formula is C12H8Br2F2N2S. The number of aromatic nitrogens is 1. The van der Waals surface area contributed by atoms with Gasteiger partial charge in [0.15, 0.2) is 0 Å². The summed E-state index contributed by atoms with van der Waals surface area (Å²) in [5, 5.41) is 3.04. The van der Waals surface area contributed by atoms with Gasteiger partial charge in [0.25, 0.3) is 5.76 Å². The topological polar surface area (TPSA) is 24.9 Å². The van der Waals surface area contributed by atoms with Crippen LogP contribution in [0.15, 0.2) is 50.4 Å². The summed E-state index contributed by atoms with van der Waals surface area (Å²) in [7, 11) is 0. The van der Waals surface area contributed by atoms with E-state index in [4.69, 9.17) is 0 Å². The first-order valence-corrected chi connectivity index (χ1v) is 7.65. The van der Waals surface area contributed by atoms with Crippen molar-refractivity contribution in [3.8, 4) is 0 Å². The maximum absolute atomic E-state index is 12.5. The predicted molar refractivity (Wildman–Crippen MR) is 81.2 cm³/mol. The van der Waals surface area contributed by atoms with Gasteiger partial charge >= 0.3 is 0 Å². The highest BCUT2D eigenvalue weighted by Crippen LogP contribution is 2.34. The summed E-state index contributed by atoms with van der Waals surface area (Å²) in [5.41, 5.74) is 0.600. The Bertz CT molecular complexity index is 581. The van der Waals surface area contributed by atoms with Crippen molar-refractivity contribution in [2.24, 2.45) is 0 Å². The van der Waals surface area contributed by atoms with Crippen LogP contribution in [-0.4, -0.2) is 10.7 Å². The fourth-order valence-electron chi connectivity index (χ4n) is 1.40. The molecule has 0 aliphatic rings. The largest absolute Gasteiger partial charge is 0.338 e. The first kappa shape index (κ1) is 14.7. The number of halogens is 4. The zero-order valence-electron chi connectivity index (χ0n) is 9.41. The maximum atomic E-state index is 12.5. The van der Waals surface area contributed by atoms with Crippen molar-refractivity contribution in [1.29, 1.82) is 0 Å². The molecule has 0 radical (unpaired) electrons. The third-order valence-electron chi connectivity index (χ3n) is 2.16. The smallest absolute Gasteiger partial charge is 0.288 e. The van der Waals surface area contributed by atoms with Gasteiger partial charge in [0, 0.05) is 15.6 Å². The normalized spacial score (nSPS) is 10.8. The van der Waals surface area contributed by atoms with Crippen molar-refractivity contribution in [2.75, 3.05) is 5.32 Å². The molecule has 0 unspecified atom stereocenters. The number of pyridine rings is 1. The molecule has 0 bridgehead atoms. The van der Waals surface area contributed by atoms with E-state index < -0.39 is 5.76 Å². The number of nitrogens with zero attached hydrogens (tertiary/aromatic N) is 1. The van der Waals surface area contributed by atoms with Crippen LogP contribution in [0.25, 0.3) is 0 Å². The summed E-state index contributed by atoms with van der Waals surface area (Å²) < 4.78 is 26.5. The van der Waals surface area contributed by atoms with Crippen LogP contribution in [-0.2, 0) is 0 Å². The predicted octanol–water partition coefficient (Wildman–Crippen LogP) is 5.66. The third-order valence-corrected chi connectivity index (χ3v) is 3.99. The second-order valence-corrected chi connectivity index (χ2v) is 6.29. The van der Waals surface area contributed by atoms with E-state index in [0.29, 0.717) is 28.2 Å². The minimum atomic E-state index is -2.45. The first-order valence-electron chi connectivity index (χ1n) is 5.18. The molecule has 0 aliphatic carbocycles. The van der Waals surface area contributed by atoms with E-state index in [0.717, 1.165) is 8.95 Å². The molecule has 2 aromatic rings. The zero-order valence-corrected chi connectivity index (χ0v) is 13.4. The van der Waals surface area contributed by atoms with Crippen molar-refractivity contribution < 1.29 is 8.78 Å². The Morgan fingerprint density at radius 1 is 1.21 bits per heavy atom. The SMILES string of the molecule is FC(F)Sc1ccccc1Nc1ncc(Br)cc1Br. The number of alkyl halides is 2. The quantitative estimate of drug-likeness (QED) is 0.659. The summed E-state index contributed by atoms with van der Waals surface area (Å²) in [6, 6.07) is 8.72. The molecule has 1 heterocycles. The van der Waals surface area contributed by atoms with Crippen LogP contribution in [0, 0.1) is 0 Å². The van der Waals surface area contributed by atoms with E-state index in [1.165, 1.54) is 0 Å². The van der Waals surface area contributed by atoms with Crippen LogP contribution in [0.1, 0.15) is 0 Å². The first-order chi connectivity index (χ1) is 9.06. The Kier molecular flexibility index (Phi) is 5.18. The van der Waals surface area contributed by atoms with Crippen LogP contribution < -0.4 is 5.32 Å². The van der Waals surface area contributed by atoms with Crippen molar-refractivity contribution in [1.82, 2.24) is 4.98 Å². The van der Waals surface area contributed by atoms with Gasteiger partial charge in [-0.1, -0.05) is 23.9 Å². The van der Waals surface area contributed by atoms with E-state index in [2.05, 4.69) is 42.2 Å². The van der Waals surface area contributed by atoms with E-state index in [1.54, 1.807) is 30.5 Å². The Morgan fingerprint density at radius 3 is 2.63 bits per heavy atom. The van der Waals surface area contributed by atoms with Crippen LogP contribution >= 0.6 is 43.6 Å². The fourth-order valence-corrected chi connectivity index (χ4v) is 3.08.